The Morgan fingerprint density at radius 1 is 0.516 bits per heavy atom. The first-order valence-electron chi connectivity index (χ1n) is 12.3. The van der Waals surface area contributed by atoms with E-state index in [9.17, 15) is 14.4 Å². The molecule has 0 aromatic heterocycles. The van der Waals surface area contributed by atoms with Gasteiger partial charge in [0.25, 0.3) is 17.9 Å². The fraction of sp³-hybridized carbons (Fsp3) is 0.875. The molecule has 7 heteroatoms. The van der Waals surface area contributed by atoms with E-state index in [2.05, 4.69) is 41.5 Å². The molecule has 0 aromatic carbocycles. The van der Waals surface area contributed by atoms with E-state index in [1.807, 2.05) is 0 Å². The Balaban J connectivity index is 4.53. The SMILES string of the molecule is CC(C)CCCCC(=O)O[BH-](OC(=O)CCCCC(C)C)OC(=O)CCCCC(C)C. The maximum Gasteiger partial charge on any atom is 0.541 e. The molecule has 0 aromatic rings. The molecule has 182 valence electrons. The third kappa shape index (κ3) is 20.1. The molecule has 6 nitrogen and oxygen atoms in total. The lowest BCUT2D eigenvalue weighted by Crippen LogP contribution is -2.34. The molecule has 0 unspecified atom stereocenters. The molecule has 0 aliphatic carbocycles. The van der Waals surface area contributed by atoms with Crippen LogP contribution in [0.2, 0.25) is 0 Å². The maximum atomic E-state index is 12.1. The summed E-state index contributed by atoms with van der Waals surface area (Å²) in [6.45, 7) is 12.8. The lowest BCUT2D eigenvalue weighted by atomic mass is 10.0. The molecule has 0 bridgehead atoms. The molecule has 0 aliphatic heterocycles. The van der Waals surface area contributed by atoms with Crippen molar-refractivity contribution < 1.29 is 28.3 Å². The first kappa shape index (κ1) is 29.5. The normalized spacial score (nSPS) is 11.4. The third-order valence-electron chi connectivity index (χ3n) is 5.07. The molecule has 0 amide bonds. The number of hydrogen-bond donors (Lipinski definition) is 0. The van der Waals surface area contributed by atoms with Gasteiger partial charge in [0.15, 0.2) is 0 Å². The van der Waals surface area contributed by atoms with Crippen LogP contribution in [-0.4, -0.2) is 25.2 Å². The van der Waals surface area contributed by atoms with E-state index in [-0.39, 0.29) is 19.3 Å². The highest BCUT2D eigenvalue weighted by molar-refractivity contribution is 6.44. The molecule has 31 heavy (non-hydrogen) atoms. The van der Waals surface area contributed by atoms with Crippen molar-refractivity contribution in [3.8, 4) is 0 Å². The largest absolute Gasteiger partial charge is 0.625 e. The summed E-state index contributed by atoms with van der Waals surface area (Å²) in [7, 11) is -2.54. The van der Waals surface area contributed by atoms with Gasteiger partial charge in [-0.25, -0.2) is 0 Å². The van der Waals surface area contributed by atoms with Crippen molar-refractivity contribution in [2.75, 3.05) is 0 Å². The zero-order valence-corrected chi connectivity index (χ0v) is 20.9. The van der Waals surface area contributed by atoms with Crippen LogP contribution in [0.25, 0.3) is 0 Å². The van der Waals surface area contributed by atoms with E-state index in [4.69, 9.17) is 14.0 Å². The molecule has 0 saturated heterocycles. The Labute approximate surface area is 190 Å². The van der Waals surface area contributed by atoms with Gasteiger partial charge in [-0.2, -0.15) is 0 Å². The Morgan fingerprint density at radius 2 is 0.774 bits per heavy atom. The third-order valence-corrected chi connectivity index (χ3v) is 5.07. The molecule has 0 saturated carbocycles. The van der Waals surface area contributed by atoms with Crippen molar-refractivity contribution in [3.63, 3.8) is 0 Å². The van der Waals surface area contributed by atoms with Gasteiger partial charge in [0.2, 0.25) is 0 Å². The quantitative estimate of drug-likeness (QED) is 0.192. The van der Waals surface area contributed by atoms with Gasteiger partial charge in [0.1, 0.15) is 0 Å². The summed E-state index contributed by atoms with van der Waals surface area (Å²) in [4.78, 5) is 36.4. The van der Waals surface area contributed by atoms with Crippen molar-refractivity contribution in [2.24, 2.45) is 17.8 Å². The topological polar surface area (TPSA) is 78.9 Å². The Kier molecular flexibility index (Phi) is 17.2. The summed E-state index contributed by atoms with van der Waals surface area (Å²) in [5.74, 6) is 0.310. The molecule has 0 rings (SSSR count). The second kappa shape index (κ2) is 18.1. The van der Waals surface area contributed by atoms with Gasteiger partial charge < -0.3 is 14.0 Å². The van der Waals surface area contributed by atoms with Crippen molar-refractivity contribution in [1.82, 2.24) is 0 Å². The van der Waals surface area contributed by atoms with Gasteiger partial charge in [-0.15, -0.1) is 0 Å². The Morgan fingerprint density at radius 3 is 1.00 bits per heavy atom. The van der Waals surface area contributed by atoms with Crippen LogP contribution in [0.4, 0.5) is 0 Å². The molecular formula is C24H46BO6-. The average Bonchev–Trinajstić information content (AvgIpc) is 2.65. The standard InChI is InChI=1S/C24H46BO6/c1-19(2)13-7-10-16-22(26)29-25(30-23(27)17-11-8-14-20(3)4)31-24(28)18-12-9-15-21(5)6/h19-21,25H,7-18H2,1-6H3/q-1. The minimum Gasteiger partial charge on any atom is -0.625 e. The summed E-state index contributed by atoms with van der Waals surface area (Å²) < 4.78 is 15.7. The van der Waals surface area contributed by atoms with Crippen LogP contribution < -0.4 is 0 Å². The first-order chi connectivity index (χ1) is 14.6. The highest BCUT2D eigenvalue weighted by atomic mass is 16.8. The summed E-state index contributed by atoms with van der Waals surface area (Å²) in [5.41, 5.74) is 0. The molecular weight excluding hydrogens is 395 g/mol. The van der Waals surface area contributed by atoms with Gasteiger partial charge in [-0.05, 0) is 37.0 Å². The van der Waals surface area contributed by atoms with E-state index in [1.165, 1.54) is 0 Å². The van der Waals surface area contributed by atoms with Crippen molar-refractivity contribution in [2.45, 2.75) is 119 Å². The lowest BCUT2D eigenvalue weighted by Gasteiger charge is -2.28. The molecule has 0 atom stereocenters. The van der Waals surface area contributed by atoms with Crippen LogP contribution in [0.1, 0.15) is 119 Å². The molecule has 0 fully saturated rings. The van der Waals surface area contributed by atoms with Crippen LogP contribution in [0, 0.1) is 17.8 Å². The summed E-state index contributed by atoms with van der Waals surface area (Å²) >= 11 is 0. The van der Waals surface area contributed by atoms with Gasteiger partial charge in [-0.1, -0.05) is 80.1 Å². The molecule has 0 radical (unpaired) electrons. The number of rotatable bonds is 18. The molecule has 0 aliphatic rings. The Bertz CT molecular complexity index is 433. The van der Waals surface area contributed by atoms with Gasteiger partial charge in [0, 0.05) is 19.3 Å². The molecule has 0 N–H and O–H groups in total. The zero-order chi connectivity index (χ0) is 23.6. The number of hydrogen-bond acceptors (Lipinski definition) is 6. The number of carbonyl (C=O) groups is 3. The first-order valence-corrected chi connectivity index (χ1v) is 12.3. The molecule has 0 spiro atoms. The van der Waals surface area contributed by atoms with E-state index in [0.29, 0.717) is 37.0 Å². The van der Waals surface area contributed by atoms with Crippen LogP contribution in [0.3, 0.4) is 0 Å². The minimum absolute atomic E-state index is 0.230. The smallest absolute Gasteiger partial charge is 0.541 e. The van der Waals surface area contributed by atoms with Crippen LogP contribution in [-0.2, 0) is 28.3 Å². The second-order valence-electron chi connectivity index (χ2n) is 9.82. The van der Waals surface area contributed by atoms with Gasteiger partial charge >= 0.3 is 7.32 Å². The fourth-order valence-electron chi connectivity index (χ4n) is 3.17. The average molecular weight is 441 g/mol. The maximum absolute atomic E-state index is 12.1. The van der Waals surface area contributed by atoms with Crippen molar-refractivity contribution in [1.29, 1.82) is 0 Å². The number of unbranched alkanes of at least 4 members (excludes halogenated alkanes) is 3. The van der Waals surface area contributed by atoms with Crippen molar-refractivity contribution >= 4 is 25.2 Å². The van der Waals surface area contributed by atoms with Crippen LogP contribution in [0.5, 0.6) is 0 Å². The van der Waals surface area contributed by atoms with Gasteiger partial charge in [0.05, 0.1) is 0 Å². The summed E-state index contributed by atoms with van der Waals surface area (Å²) in [6, 6.07) is 0. The molecule has 0 heterocycles. The minimum atomic E-state index is -2.54. The summed E-state index contributed by atoms with van der Waals surface area (Å²) in [6.07, 6.45) is 8.71. The Hall–Kier alpha value is -1.53. The van der Waals surface area contributed by atoms with E-state index in [0.717, 1.165) is 38.5 Å². The van der Waals surface area contributed by atoms with E-state index < -0.39 is 25.2 Å². The monoisotopic (exact) mass is 441 g/mol. The zero-order valence-electron chi connectivity index (χ0n) is 20.9. The summed E-state index contributed by atoms with van der Waals surface area (Å²) in [5, 5.41) is 0. The van der Waals surface area contributed by atoms with E-state index >= 15 is 0 Å². The predicted molar refractivity (Wildman–Crippen MR) is 125 cm³/mol. The van der Waals surface area contributed by atoms with Gasteiger partial charge in [-0.3, -0.25) is 14.4 Å². The van der Waals surface area contributed by atoms with Crippen LogP contribution >= 0.6 is 0 Å². The fourth-order valence-corrected chi connectivity index (χ4v) is 3.17. The predicted octanol–water partition coefficient (Wildman–Crippen LogP) is 5.98. The number of carbonyl (C=O) groups excluding carboxylic acids is 3. The van der Waals surface area contributed by atoms with Crippen LogP contribution in [0.15, 0.2) is 0 Å². The highest BCUT2D eigenvalue weighted by Crippen LogP contribution is 2.13. The second-order valence-corrected chi connectivity index (χ2v) is 9.82. The van der Waals surface area contributed by atoms with Crippen molar-refractivity contribution in [3.05, 3.63) is 0 Å². The van der Waals surface area contributed by atoms with E-state index in [1.54, 1.807) is 0 Å². The lowest BCUT2D eigenvalue weighted by molar-refractivity contribution is -0.148. The highest BCUT2D eigenvalue weighted by Gasteiger charge is 2.19.